The van der Waals surface area contributed by atoms with E-state index in [0.29, 0.717) is 10.7 Å². The molecule has 0 aliphatic heterocycles. The number of halogens is 1. The van der Waals surface area contributed by atoms with Crippen molar-refractivity contribution in [1.82, 2.24) is 4.98 Å². The molecule has 1 nitrogen and oxygen atoms in total. The van der Waals surface area contributed by atoms with E-state index in [1.807, 2.05) is 18.3 Å². The van der Waals surface area contributed by atoms with Gasteiger partial charge in [-0.1, -0.05) is 42.3 Å². The zero-order valence-corrected chi connectivity index (χ0v) is 9.79. The number of aromatic nitrogens is 1. The van der Waals surface area contributed by atoms with Crippen LogP contribution in [0, 0.1) is 5.92 Å². The zero-order valence-electron chi connectivity index (χ0n) is 8.20. The highest BCUT2D eigenvalue weighted by molar-refractivity contribution is 9.09. The minimum absolute atomic E-state index is 0.549. The molecule has 0 bridgehead atoms. The van der Waals surface area contributed by atoms with Gasteiger partial charge in [0.1, 0.15) is 0 Å². The maximum Gasteiger partial charge on any atom is 0.0414 e. The molecule has 2 heteroatoms. The van der Waals surface area contributed by atoms with Gasteiger partial charge in [0.25, 0.3) is 0 Å². The second-order valence-corrected chi connectivity index (χ2v) is 4.60. The molecule has 2 atom stereocenters. The summed E-state index contributed by atoms with van der Waals surface area (Å²) in [5.41, 5.74) is 1.17. The fourth-order valence-electron chi connectivity index (χ4n) is 1.18. The summed E-state index contributed by atoms with van der Waals surface area (Å²) >= 11 is 3.70. The van der Waals surface area contributed by atoms with E-state index in [0.717, 1.165) is 6.42 Å². The van der Waals surface area contributed by atoms with Crippen molar-refractivity contribution in [3.63, 3.8) is 0 Å². The van der Waals surface area contributed by atoms with Crippen molar-refractivity contribution in [3.8, 4) is 0 Å². The predicted octanol–water partition coefficient (Wildman–Crippen LogP) is 3.43. The van der Waals surface area contributed by atoms with E-state index in [4.69, 9.17) is 0 Å². The summed E-state index contributed by atoms with van der Waals surface area (Å²) in [6, 6.07) is 6.07. The Balaban J connectivity index is 2.50. The van der Waals surface area contributed by atoms with Crippen LogP contribution in [0.5, 0.6) is 0 Å². The third-order valence-electron chi connectivity index (χ3n) is 2.39. The van der Waals surface area contributed by atoms with Gasteiger partial charge < -0.3 is 0 Å². The maximum atomic E-state index is 4.31. The van der Waals surface area contributed by atoms with Crippen LogP contribution >= 0.6 is 15.9 Å². The second-order valence-electron chi connectivity index (χ2n) is 3.43. The first-order chi connectivity index (χ1) is 6.24. The zero-order chi connectivity index (χ0) is 9.68. The van der Waals surface area contributed by atoms with Gasteiger partial charge in [0.2, 0.25) is 0 Å². The number of hydrogen-bond acceptors (Lipinski definition) is 1. The van der Waals surface area contributed by atoms with Gasteiger partial charge in [-0.2, -0.15) is 0 Å². The highest BCUT2D eigenvalue weighted by Crippen LogP contribution is 2.19. The molecule has 0 aromatic carbocycles. The molecule has 1 rings (SSSR count). The Morgan fingerprint density at radius 3 is 2.77 bits per heavy atom. The standard InChI is InChI=1S/C11H16BrN/c1-3-9(2)11(12)8-10-6-4-5-7-13-10/h4-7,9,11H,3,8H2,1-2H3. The number of nitrogens with zero attached hydrogens (tertiary/aromatic N) is 1. The van der Waals surface area contributed by atoms with Gasteiger partial charge in [-0.25, -0.2) is 0 Å². The van der Waals surface area contributed by atoms with Gasteiger partial charge in [-0.05, 0) is 18.1 Å². The molecule has 0 fully saturated rings. The molecular formula is C11H16BrN. The van der Waals surface area contributed by atoms with Crippen LogP contribution in [0.2, 0.25) is 0 Å². The lowest BCUT2D eigenvalue weighted by Gasteiger charge is -2.15. The van der Waals surface area contributed by atoms with Crippen LogP contribution in [0.25, 0.3) is 0 Å². The van der Waals surface area contributed by atoms with Crippen molar-refractivity contribution >= 4 is 15.9 Å². The Labute approximate surface area is 88.7 Å². The van der Waals surface area contributed by atoms with E-state index in [1.54, 1.807) is 0 Å². The highest BCUT2D eigenvalue weighted by Gasteiger charge is 2.12. The molecule has 0 saturated carbocycles. The molecule has 1 heterocycles. The summed E-state index contributed by atoms with van der Waals surface area (Å²) in [6.07, 6.45) is 4.09. The summed E-state index contributed by atoms with van der Waals surface area (Å²) in [5, 5.41) is 0. The molecule has 1 aromatic heterocycles. The molecule has 1 aromatic rings. The number of alkyl halides is 1. The van der Waals surface area contributed by atoms with Gasteiger partial charge in [-0.3, -0.25) is 4.98 Å². The summed E-state index contributed by atoms with van der Waals surface area (Å²) in [7, 11) is 0. The molecule has 0 aliphatic rings. The molecule has 2 unspecified atom stereocenters. The SMILES string of the molecule is CCC(C)C(Br)Cc1ccccn1. The topological polar surface area (TPSA) is 12.9 Å². The van der Waals surface area contributed by atoms with E-state index >= 15 is 0 Å². The lowest BCUT2D eigenvalue weighted by Crippen LogP contribution is -2.13. The maximum absolute atomic E-state index is 4.31. The first-order valence-corrected chi connectivity index (χ1v) is 5.69. The van der Waals surface area contributed by atoms with E-state index in [2.05, 4.69) is 40.8 Å². The van der Waals surface area contributed by atoms with E-state index in [9.17, 15) is 0 Å². The number of pyridine rings is 1. The predicted molar refractivity (Wildman–Crippen MR) is 60.1 cm³/mol. The Kier molecular flexibility index (Phi) is 4.43. The smallest absolute Gasteiger partial charge is 0.0414 e. The summed E-state index contributed by atoms with van der Waals surface area (Å²) < 4.78 is 0. The van der Waals surface area contributed by atoms with Gasteiger partial charge >= 0.3 is 0 Å². The molecule has 0 N–H and O–H groups in total. The van der Waals surface area contributed by atoms with Crippen LogP contribution in [-0.2, 0) is 6.42 Å². The number of hydrogen-bond donors (Lipinski definition) is 0. The van der Waals surface area contributed by atoms with Crippen LogP contribution in [0.3, 0.4) is 0 Å². The highest BCUT2D eigenvalue weighted by atomic mass is 79.9. The second kappa shape index (κ2) is 5.38. The summed E-state index contributed by atoms with van der Waals surface area (Å²) in [5.74, 6) is 0.710. The molecule has 0 spiro atoms. The van der Waals surface area contributed by atoms with Crippen LogP contribution < -0.4 is 0 Å². The van der Waals surface area contributed by atoms with E-state index in [1.165, 1.54) is 12.1 Å². The van der Waals surface area contributed by atoms with Gasteiger partial charge in [0.05, 0.1) is 0 Å². The third kappa shape index (κ3) is 3.47. The Bertz CT molecular complexity index is 235. The van der Waals surface area contributed by atoms with Crippen LogP contribution in [0.15, 0.2) is 24.4 Å². The van der Waals surface area contributed by atoms with Gasteiger partial charge in [0, 0.05) is 23.1 Å². The average molecular weight is 242 g/mol. The van der Waals surface area contributed by atoms with Crippen molar-refractivity contribution in [1.29, 1.82) is 0 Å². The number of rotatable bonds is 4. The molecule has 0 amide bonds. The molecule has 72 valence electrons. The molecule has 0 saturated heterocycles. The molecule has 0 aliphatic carbocycles. The average Bonchev–Trinajstić information content (AvgIpc) is 2.18. The van der Waals surface area contributed by atoms with E-state index < -0.39 is 0 Å². The van der Waals surface area contributed by atoms with Crippen LogP contribution in [0.1, 0.15) is 26.0 Å². The molecule has 13 heavy (non-hydrogen) atoms. The Morgan fingerprint density at radius 2 is 2.23 bits per heavy atom. The Morgan fingerprint density at radius 1 is 1.46 bits per heavy atom. The summed E-state index contributed by atoms with van der Waals surface area (Å²) in [6.45, 7) is 4.49. The van der Waals surface area contributed by atoms with Crippen molar-refractivity contribution < 1.29 is 0 Å². The van der Waals surface area contributed by atoms with Crippen molar-refractivity contribution in [2.75, 3.05) is 0 Å². The van der Waals surface area contributed by atoms with Crippen molar-refractivity contribution in [2.24, 2.45) is 5.92 Å². The lowest BCUT2D eigenvalue weighted by atomic mass is 10.0. The van der Waals surface area contributed by atoms with Crippen molar-refractivity contribution in [2.45, 2.75) is 31.5 Å². The van der Waals surface area contributed by atoms with Crippen molar-refractivity contribution in [3.05, 3.63) is 30.1 Å². The largest absolute Gasteiger partial charge is 0.261 e. The minimum atomic E-state index is 0.549. The normalized spacial score (nSPS) is 15.3. The molecular weight excluding hydrogens is 226 g/mol. The van der Waals surface area contributed by atoms with Gasteiger partial charge in [0.15, 0.2) is 0 Å². The molecule has 0 radical (unpaired) electrons. The summed E-state index contributed by atoms with van der Waals surface area (Å²) in [4.78, 5) is 4.85. The van der Waals surface area contributed by atoms with Crippen LogP contribution in [0.4, 0.5) is 0 Å². The lowest BCUT2D eigenvalue weighted by molar-refractivity contribution is 0.535. The quantitative estimate of drug-likeness (QED) is 0.737. The third-order valence-corrected chi connectivity index (χ3v) is 3.62. The fourth-order valence-corrected chi connectivity index (χ4v) is 1.88. The van der Waals surface area contributed by atoms with Crippen LogP contribution in [-0.4, -0.2) is 9.81 Å². The van der Waals surface area contributed by atoms with E-state index in [-0.39, 0.29) is 0 Å². The van der Waals surface area contributed by atoms with Gasteiger partial charge in [-0.15, -0.1) is 0 Å². The monoisotopic (exact) mass is 241 g/mol. The minimum Gasteiger partial charge on any atom is -0.261 e. The first-order valence-electron chi connectivity index (χ1n) is 4.78. The first kappa shape index (κ1) is 10.7. The fraction of sp³-hybridized carbons (Fsp3) is 0.545. The Hall–Kier alpha value is -0.370.